The lowest BCUT2D eigenvalue weighted by atomic mass is 10.3. The molecule has 1 rings (SSSR count). The highest BCUT2D eigenvalue weighted by molar-refractivity contribution is 8.23. The Morgan fingerprint density at radius 2 is 2.11 bits per heavy atom. The Bertz CT molecular complexity index is 293. The van der Waals surface area contributed by atoms with Gasteiger partial charge in [-0.1, -0.05) is 11.8 Å². The highest BCUT2D eigenvalue weighted by Gasteiger charge is 2.23. The molecule has 1 fully saturated rings. The maximum absolute atomic E-state index is 10.9. The average molecular weight is 341 g/mol. The third-order valence-electron chi connectivity index (χ3n) is 2.35. The predicted molar refractivity (Wildman–Crippen MR) is 90.2 cm³/mol. The van der Waals surface area contributed by atoms with E-state index in [9.17, 15) is 4.79 Å². The number of thioether (sulfide) groups is 3. The Kier molecular flexibility index (Phi) is 9.36. The number of hydrogen-bond acceptors (Lipinski definition) is 7. The first-order valence-corrected chi connectivity index (χ1v) is 9.70. The van der Waals surface area contributed by atoms with Crippen molar-refractivity contribution in [2.45, 2.75) is 36.5 Å². The number of hydrogen-bond donors (Lipinski definition) is 0. The van der Waals surface area contributed by atoms with Gasteiger partial charge in [0.05, 0.1) is 11.2 Å². The maximum atomic E-state index is 10.9. The van der Waals surface area contributed by atoms with E-state index in [0.717, 1.165) is 6.42 Å². The zero-order valence-electron chi connectivity index (χ0n) is 11.3. The van der Waals surface area contributed by atoms with Gasteiger partial charge in [0.2, 0.25) is 4.38 Å². The van der Waals surface area contributed by atoms with Gasteiger partial charge < -0.3 is 9.47 Å². The maximum Gasteiger partial charge on any atom is 0.302 e. The van der Waals surface area contributed by atoms with Crippen LogP contribution in [0, 0.1) is 0 Å². The van der Waals surface area contributed by atoms with Crippen molar-refractivity contribution in [3.8, 4) is 0 Å². The standard InChI is InChI=1S/C12H20O3S4/c1-3-14-12(16)19-10(8-15-9(2)13)7-11-17-5-4-6-18-11/h10-11H,3-8H2,1-2H3. The molecule has 1 heterocycles. The van der Waals surface area contributed by atoms with Crippen LogP contribution in [0.4, 0.5) is 0 Å². The van der Waals surface area contributed by atoms with Crippen LogP contribution in [0.15, 0.2) is 0 Å². The SMILES string of the molecule is CCOC(=S)SC(COC(C)=O)CC1SCCCS1. The van der Waals surface area contributed by atoms with Gasteiger partial charge in [0.15, 0.2) is 0 Å². The molecule has 7 heteroatoms. The first kappa shape index (κ1) is 17.5. The van der Waals surface area contributed by atoms with E-state index in [2.05, 4.69) is 0 Å². The van der Waals surface area contributed by atoms with Crippen molar-refractivity contribution in [2.75, 3.05) is 24.7 Å². The van der Waals surface area contributed by atoms with E-state index >= 15 is 0 Å². The highest BCUT2D eigenvalue weighted by atomic mass is 32.2. The minimum Gasteiger partial charge on any atom is -0.479 e. The molecule has 110 valence electrons. The summed E-state index contributed by atoms with van der Waals surface area (Å²) in [5.41, 5.74) is 0. The summed E-state index contributed by atoms with van der Waals surface area (Å²) in [6, 6.07) is 0. The van der Waals surface area contributed by atoms with Gasteiger partial charge in [-0.15, -0.1) is 23.5 Å². The number of thiocarbonyl (C=S) groups is 1. The summed E-state index contributed by atoms with van der Waals surface area (Å²) in [6.07, 6.45) is 2.27. The van der Waals surface area contributed by atoms with E-state index in [1.165, 1.54) is 36.6 Å². The molecule has 1 atom stereocenters. The lowest BCUT2D eigenvalue weighted by Crippen LogP contribution is -2.22. The fourth-order valence-electron chi connectivity index (χ4n) is 1.54. The van der Waals surface area contributed by atoms with E-state index in [4.69, 9.17) is 21.7 Å². The Balaban J connectivity index is 2.42. The Morgan fingerprint density at radius 3 is 2.68 bits per heavy atom. The Hall–Kier alpha value is 0.410. The lowest BCUT2D eigenvalue weighted by Gasteiger charge is -2.25. The van der Waals surface area contributed by atoms with Crippen molar-refractivity contribution in [3.05, 3.63) is 0 Å². The largest absolute Gasteiger partial charge is 0.479 e. The molecule has 19 heavy (non-hydrogen) atoms. The lowest BCUT2D eigenvalue weighted by molar-refractivity contribution is -0.140. The number of carbonyl (C=O) groups is 1. The fourth-order valence-corrected chi connectivity index (χ4v) is 6.22. The molecule has 0 aromatic rings. The topological polar surface area (TPSA) is 35.5 Å². The van der Waals surface area contributed by atoms with Crippen molar-refractivity contribution in [1.29, 1.82) is 0 Å². The number of rotatable bonds is 6. The molecule has 1 aliphatic rings. The molecule has 0 N–H and O–H groups in total. The first-order valence-electron chi connectivity index (χ1n) is 6.31. The van der Waals surface area contributed by atoms with Crippen LogP contribution in [0.2, 0.25) is 0 Å². The van der Waals surface area contributed by atoms with Gasteiger partial charge >= 0.3 is 5.97 Å². The fraction of sp³-hybridized carbons (Fsp3) is 0.833. The van der Waals surface area contributed by atoms with E-state index in [-0.39, 0.29) is 11.2 Å². The van der Waals surface area contributed by atoms with E-state index in [1.807, 2.05) is 30.4 Å². The zero-order chi connectivity index (χ0) is 14.1. The van der Waals surface area contributed by atoms with Gasteiger partial charge in [-0.3, -0.25) is 4.79 Å². The van der Waals surface area contributed by atoms with Gasteiger partial charge in [-0.05, 0) is 43.5 Å². The molecule has 0 bridgehead atoms. The highest BCUT2D eigenvalue weighted by Crippen LogP contribution is 2.36. The molecule has 0 amide bonds. The van der Waals surface area contributed by atoms with Gasteiger partial charge in [-0.2, -0.15) is 0 Å². The molecule has 0 aliphatic carbocycles. The summed E-state index contributed by atoms with van der Waals surface area (Å²) in [5, 5.41) is 0.186. The first-order chi connectivity index (χ1) is 9.11. The van der Waals surface area contributed by atoms with Crippen molar-refractivity contribution < 1.29 is 14.3 Å². The third-order valence-corrected chi connectivity index (χ3v) is 6.72. The molecule has 1 unspecified atom stereocenters. The van der Waals surface area contributed by atoms with Crippen LogP contribution in [0.3, 0.4) is 0 Å². The Morgan fingerprint density at radius 1 is 1.42 bits per heavy atom. The summed E-state index contributed by atoms with van der Waals surface area (Å²) in [7, 11) is 0. The molecule has 0 saturated carbocycles. The van der Waals surface area contributed by atoms with Crippen LogP contribution in [0.25, 0.3) is 0 Å². The normalized spacial score (nSPS) is 17.8. The van der Waals surface area contributed by atoms with Gasteiger partial charge in [0.25, 0.3) is 0 Å². The molecule has 0 spiro atoms. The van der Waals surface area contributed by atoms with E-state index in [1.54, 1.807) is 0 Å². The Labute approximate surface area is 133 Å². The predicted octanol–water partition coefficient (Wildman–Crippen LogP) is 3.56. The summed E-state index contributed by atoms with van der Waals surface area (Å²) >= 11 is 10.7. The summed E-state index contributed by atoms with van der Waals surface area (Å²) in [5.74, 6) is 2.20. The molecular weight excluding hydrogens is 320 g/mol. The minimum atomic E-state index is -0.239. The smallest absolute Gasteiger partial charge is 0.302 e. The van der Waals surface area contributed by atoms with Crippen LogP contribution < -0.4 is 0 Å². The minimum absolute atomic E-state index is 0.186. The van der Waals surface area contributed by atoms with E-state index < -0.39 is 0 Å². The monoisotopic (exact) mass is 340 g/mol. The van der Waals surface area contributed by atoms with Crippen LogP contribution in [-0.4, -0.2) is 44.9 Å². The second kappa shape index (κ2) is 10.2. The molecule has 1 saturated heterocycles. The van der Waals surface area contributed by atoms with Crippen LogP contribution in [0.1, 0.15) is 26.7 Å². The second-order valence-corrected chi connectivity index (χ2v) is 8.81. The van der Waals surface area contributed by atoms with Gasteiger partial charge in [-0.25, -0.2) is 0 Å². The molecule has 0 aromatic heterocycles. The number of ether oxygens (including phenoxy) is 2. The van der Waals surface area contributed by atoms with Crippen LogP contribution >= 0.6 is 47.5 Å². The molecule has 0 radical (unpaired) electrons. The van der Waals surface area contributed by atoms with Gasteiger partial charge in [0, 0.05) is 12.2 Å². The number of carbonyl (C=O) groups excluding carboxylic acids is 1. The van der Waals surface area contributed by atoms with Crippen molar-refractivity contribution in [3.63, 3.8) is 0 Å². The third kappa shape index (κ3) is 8.32. The second-order valence-electron chi connectivity index (χ2n) is 3.99. The zero-order valence-corrected chi connectivity index (χ0v) is 14.5. The molecule has 3 nitrogen and oxygen atoms in total. The van der Waals surface area contributed by atoms with E-state index in [0.29, 0.717) is 22.2 Å². The quantitative estimate of drug-likeness (QED) is 0.540. The molecule has 1 aliphatic heterocycles. The van der Waals surface area contributed by atoms with Crippen molar-refractivity contribution in [1.82, 2.24) is 0 Å². The summed E-state index contributed by atoms with van der Waals surface area (Å²) in [4.78, 5) is 10.9. The average Bonchev–Trinajstić information content (AvgIpc) is 2.37. The summed E-state index contributed by atoms with van der Waals surface area (Å²) in [6.45, 7) is 4.34. The van der Waals surface area contributed by atoms with Crippen LogP contribution in [0.5, 0.6) is 0 Å². The van der Waals surface area contributed by atoms with Gasteiger partial charge in [0.1, 0.15) is 6.61 Å². The molecule has 0 aromatic carbocycles. The number of esters is 1. The van der Waals surface area contributed by atoms with Crippen molar-refractivity contribution >= 4 is 57.9 Å². The summed E-state index contributed by atoms with van der Waals surface area (Å²) < 4.78 is 11.6. The molecular formula is C12H20O3S4. The van der Waals surface area contributed by atoms with Crippen LogP contribution in [-0.2, 0) is 14.3 Å². The van der Waals surface area contributed by atoms with Crippen molar-refractivity contribution in [2.24, 2.45) is 0 Å².